The minimum absolute atomic E-state index is 0.195. The fraction of sp³-hybridized carbons (Fsp3) is 0.500. The third-order valence-electron chi connectivity index (χ3n) is 2.79. The van der Waals surface area contributed by atoms with Crippen LogP contribution in [0.25, 0.3) is 0 Å². The molecular formula is C12H18BrNS. The van der Waals surface area contributed by atoms with Gasteiger partial charge in [0.25, 0.3) is 0 Å². The van der Waals surface area contributed by atoms with E-state index in [0.717, 1.165) is 23.9 Å². The Kier molecular flexibility index (Phi) is 5.16. The van der Waals surface area contributed by atoms with Crippen LogP contribution in [-0.4, -0.2) is 11.3 Å². The van der Waals surface area contributed by atoms with Crippen molar-refractivity contribution >= 4 is 27.7 Å². The summed E-state index contributed by atoms with van der Waals surface area (Å²) < 4.78 is 1.33. The first-order valence-corrected chi connectivity index (χ1v) is 6.91. The molecule has 0 bridgehead atoms. The summed E-state index contributed by atoms with van der Waals surface area (Å²) in [4.78, 5) is 1.29. The molecule has 0 radical (unpaired) electrons. The van der Waals surface area contributed by atoms with Crippen LogP contribution >= 0.6 is 27.7 Å². The van der Waals surface area contributed by atoms with Gasteiger partial charge in [0.15, 0.2) is 0 Å². The first-order valence-electron chi connectivity index (χ1n) is 5.30. The van der Waals surface area contributed by atoms with Crippen LogP contribution in [0.4, 0.5) is 0 Å². The third kappa shape index (κ3) is 3.51. The number of hydrogen-bond donors (Lipinski definition) is 1. The molecule has 1 rings (SSSR count). The van der Waals surface area contributed by atoms with Crippen molar-refractivity contribution < 1.29 is 0 Å². The van der Waals surface area contributed by atoms with Gasteiger partial charge in [0.05, 0.1) is 0 Å². The second-order valence-corrected chi connectivity index (χ2v) is 6.11. The highest BCUT2D eigenvalue weighted by atomic mass is 79.9. The fourth-order valence-electron chi connectivity index (χ4n) is 1.51. The number of benzene rings is 1. The van der Waals surface area contributed by atoms with E-state index in [1.165, 1.54) is 4.90 Å². The van der Waals surface area contributed by atoms with Crippen LogP contribution in [0.1, 0.15) is 26.7 Å². The lowest BCUT2D eigenvalue weighted by molar-refractivity contribution is 0.558. The molecule has 1 aromatic carbocycles. The zero-order valence-corrected chi connectivity index (χ0v) is 11.7. The zero-order valence-electron chi connectivity index (χ0n) is 9.29. The Morgan fingerprint density at radius 2 is 2.00 bits per heavy atom. The van der Waals surface area contributed by atoms with Gasteiger partial charge in [-0.3, -0.25) is 0 Å². The summed E-state index contributed by atoms with van der Waals surface area (Å²) in [7, 11) is 0. The molecule has 0 spiro atoms. The van der Waals surface area contributed by atoms with E-state index in [-0.39, 0.29) is 4.75 Å². The quantitative estimate of drug-likeness (QED) is 0.827. The van der Waals surface area contributed by atoms with E-state index in [9.17, 15) is 0 Å². The van der Waals surface area contributed by atoms with E-state index in [0.29, 0.717) is 0 Å². The second-order valence-electron chi connectivity index (χ2n) is 3.65. The van der Waals surface area contributed by atoms with Crippen LogP contribution in [0.15, 0.2) is 33.6 Å². The molecule has 2 N–H and O–H groups in total. The number of halogens is 1. The van der Waals surface area contributed by atoms with Crippen molar-refractivity contribution in [1.29, 1.82) is 0 Å². The maximum absolute atomic E-state index is 5.88. The van der Waals surface area contributed by atoms with E-state index in [4.69, 9.17) is 5.73 Å². The van der Waals surface area contributed by atoms with Gasteiger partial charge in [-0.15, -0.1) is 11.8 Å². The number of hydrogen-bond acceptors (Lipinski definition) is 2. The molecule has 1 aromatic rings. The molecule has 0 atom stereocenters. The van der Waals surface area contributed by atoms with Gasteiger partial charge in [-0.2, -0.15) is 0 Å². The summed E-state index contributed by atoms with van der Waals surface area (Å²) in [5.74, 6) is 0. The topological polar surface area (TPSA) is 26.0 Å². The monoisotopic (exact) mass is 287 g/mol. The van der Waals surface area contributed by atoms with Crippen LogP contribution in [0.5, 0.6) is 0 Å². The lowest BCUT2D eigenvalue weighted by atomic mass is 10.0. The molecule has 0 saturated heterocycles. The number of nitrogens with two attached hydrogens (primary N) is 1. The van der Waals surface area contributed by atoms with Gasteiger partial charge in [0.1, 0.15) is 0 Å². The highest BCUT2D eigenvalue weighted by Crippen LogP contribution is 2.38. The standard InChI is InChI=1S/C12H18BrNS/c1-3-12(4-2,9-14)15-11-7-5-6-10(13)8-11/h5-8H,3-4,9,14H2,1-2H3. The van der Waals surface area contributed by atoms with E-state index >= 15 is 0 Å². The van der Waals surface area contributed by atoms with Gasteiger partial charge in [-0.1, -0.05) is 35.8 Å². The largest absolute Gasteiger partial charge is 0.329 e. The van der Waals surface area contributed by atoms with E-state index in [2.05, 4.69) is 48.0 Å². The molecule has 0 saturated carbocycles. The summed E-state index contributed by atoms with van der Waals surface area (Å²) >= 11 is 5.39. The normalized spacial score (nSPS) is 11.7. The minimum Gasteiger partial charge on any atom is -0.329 e. The van der Waals surface area contributed by atoms with Gasteiger partial charge in [-0.05, 0) is 31.0 Å². The molecule has 0 aliphatic heterocycles. The van der Waals surface area contributed by atoms with Crippen LogP contribution in [-0.2, 0) is 0 Å². The average Bonchev–Trinajstić information content (AvgIpc) is 2.26. The van der Waals surface area contributed by atoms with Crippen LogP contribution in [0.3, 0.4) is 0 Å². The van der Waals surface area contributed by atoms with Gasteiger partial charge >= 0.3 is 0 Å². The van der Waals surface area contributed by atoms with Crippen molar-refractivity contribution in [3.63, 3.8) is 0 Å². The smallest absolute Gasteiger partial charge is 0.0324 e. The molecule has 0 unspecified atom stereocenters. The number of rotatable bonds is 5. The molecule has 1 nitrogen and oxygen atoms in total. The molecule has 0 fully saturated rings. The first-order chi connectivity index (χ1) is 7.15. The molecular weight excluding hydrogens is 270 g/mol. The van der Waals surface area contributed by atoms with Gasteiger partial charge in [-0.25, -0.2) is 0 Å². The molecule has 0 amide bonds. The van der Waals surface area contributed by atoms with Crippen molar-refractivity contribution in [1.82, 2.24) is 0 Å². The first kappa shape index (κ1) is 13.1. The van der Waals surface area contributed by atoms with Crippen molar-refractivity contribution in [2.75, 3.05) is 6.54 Å². The minimum atomic E-state index is 0.195. The Bertz CT molecular complexity index is 302. The van der Waals surface area contributed by atoms with Crippen LogP contribution < -0.4 is 5.73 Å². The van der Waals surface area contributed by atoms with Crippen molar-refractivity contribution in [2.45, 2.75) is 36.3 Å². The van der Waals surface area contributed by atoms with Crippen molar-refractivity contribution in [3.8, 4) is 0 Å². The van der Waals surface area contributed by atoms with Crippen LogP contribution in [0.2, 0.25) is 0 Å². The maximum atomic E-state index is 5.88. The average molecular weight is 288 g/mol. The van der Waals surface area contributed by atoms with Gasteiger partial charge < -0.3 is 5.73 Å². The van der Waals surface area contributed by atoms with Crippen LogP contribution in [0, 0.1) is 0 Å². The zero-order chi connectivity index (χ0) is 11.3. The van der Waals surface area contributed by atoms with Gasteiger partial charge in [0, 0.05) is 20.7 Å². The summed E-state index contributed by atoms with van der Waals surface area (Å²) in [5, 5.41) is 0. The summed E-state index contributed by atoms with van der Waals surface area (Å²) in [6.45, 7) is 5.15. The molecule has 0 aromatic heterocycles. The second kappa shape index (κ2) is 5.92. The van der Waals surface area contributed by atoms with E-state index in [1.807, 2.05) is 17.8 Å². The molecule has 3 heteroatoms. The van der Waals surface area contributed by atoms with Crippen molar-refractivity contribution in [2.24, 2.45) is 5.73 Å². The summed E-state index contributed by atoms with van der Waals surface area (Å²) in [5.41, 5.74) is 5.88. The summed E-state index contributed by atoms with van der Waals surface area (Å²) in [6, 6.07) is 8.41. The van der Waals surface area contributed by atoms with E-state index in [1.54, 1.807) is 0 Å². The maximum Gasteiger partial charge on any atom is 0.0324 e. The summed E-state index contributed by atoms with van der Waals surface area (Å²) in [6.07, 6.45) is 2.22. The Labute approximate surface area is 105 Å². The van der Waals surface area contributed by atoms with Gasteiger partial charge in [0.2, 0.25) is 0 Å². The lowest BCUT2D eigenvalue weighted by Gasteiger charge is -2.29. The van der Waals surface area contributed by atoms with E-state index < -0.39 is 0 Å². The molecule has 15 heavy (non-hydrogen) atoms. The Morgan fingerprint density at radius 3 is 2.47 bits per heavy atom. The lowest BCUT2D eigenvalue weighted by Crippen LogP contribution is -2.32. The Morgan fingerprint density at radius 1 is 1.33 bits per heavy atom. The SMILES string of the molecule is CCC(CC)(CN)Sc1cccc(Br)c1. The predicted octanol–water partition coefficient (Wildman–Crippen LogP) is 4.06. The highest BCUT2D eigenvalue weighted by molar-refractivity contribution is 9.10. The number of thioether (sulfide) groups is 1. The molecule has 84 valence electrons. The molecule has 0 heterocycles. The Hall–Kier alpha value is 0.01000. The fourth-order valence-corrected chi connectivity index (χ4v) is 3.26. The molecule has 0 aliphatic carbocycles. The highest BCUT2D eigenvalue weighted by Gasteiger charge is 2.25. The predicted molar refractivity (Wildman–Crippen MR) is 72.4 cm³/mol. The van der Waals surface area contributed by atoms with Crippen molar-refractivity contribution in [3.05, 3.63) is 28.7 Å². The molecule has 0 aliphatic rings. The third-order valence-corrected chi connectivity index (χ3v) is 4.95. The Balaban J connectivity index is 2.82.